The number of likely N-dealkylation sites (tertiary alicyclic amines) is 1. The van der Waals surface area contributed by atoms with Gasteiger partial charge in [-0.2, -0.15) is 0 Å². The van der Waals surface area contributed by atoms with Gasteiger partial charge in [0.2, 0.25) is 5.91 Å². The third-order valence-electron chi connectivity index (χ3n) is 3.32. The van der Waals surface area contributed by atoms with Crippen molar-refractivity contribution < 1.29 is 13.6 Å². The summed E-state index contributed by atoms with van der Waals surface area (Å²) in [5.74, 6) is -1.08. The molecule has 5 heteroatoms. The lowest BCUT2D eigenvalue weighted by molar-refractivity contribution is -0.131. The van der Waals surface area contributed by atoms with Crippen LogP contribution in [0.5, 0.6) is 0 Å². The number of carbonyl (C=O) groups is 1. The largest absolute Gasteiger partial charge is 0.342 e. The molecular formula is C14H18F2N2O. The molecule has 0 unspecified atom stereocenters. The van der Waals surface area contributed by atoms with E-state index in [0.717, 1.165) is 32.0 Å². The summed E-state index contributed by atoms with van der Waals surface area (Å²) in [4.78, 5) is 15.5. The third-order valence-corrected chi connectivity index (χ3v) is 3.32. The monoisotopic (exact) mass is 268 g/mol. The molecule has 1 fully saturated rings. The Bertz CT molecular complexity index is 459. The fourth-order valence-corrected chi connectivity index (χ4v) is 2.29. The molecule has 1 saturated heterocycles. The Hall–Kier alpha value is -1.49. The lowest BCUT2D eigenvalue weighted by Gasteiger charge is -2.21. The number of amides is 1. The highest BCUT2D eigenvalue weighted by Gasteiger charge is 2.19. The van der Waals surface area contributed by atoms with Crippen LogP contribution < -0.4 is 0 Å². The number of hydrogen-bond donors (Lipinski definition) is 0. The molecule has 0 aromatic heterocycles. The first kappa shape index (κ1) is 13.9. The molecule has 2 rings (SSSR count). The molecule has 1 aromatic rings. The van der Waals surface area contributed by atoms with Crippen molar-refractivity contribution in [1.82, 2.24) is 9.80 Å². The average molecular weight is 268 g/mol. The first-order valence-corrected chi connectivity index (χ1v) is 6.46. The molecule has 0 bridgehead atoms. The van der Waals surface area contributed by atoms with Crippen molar-refractivity contribution in [2.75, 3.05) is 26.7 Å². The van der Waals surface area contributed by atoms with E-state index in [0.29, 0.717) is 12.1 Å². The standard InChI is InChI=1S/C14H18F2N2O/c1-17(10-14(19)18-6-2-3-7-18)9-11-4-5-12(15)8-13(11)16/h4-5,8H,2-3,6-7,9-10H2,1H3. The van der Waals surface area contributed by atoms with Crippen LogP contribution in [0.15, 0.2) is 18.2 Å². The van der Waals surface area contributed by atoms with Crippen molar-refractivity contribution in [2.45, 2.75) is 19.4 Å². The molecule has 0 spiro atoms. The van der Waals surface area contributed by atoms with Gasteiger partial charge in [-0.15, -0.1) is 0 Å². The van der Waals surface area contributed by atoms with Crippen molar-refractivity contribution in [2.24, 2.45) is 0 Å². The van der Waals surface area contributed by atoms with Crippen LogP contribution in [0.4, 0.5) is 8.78 Å². The minimum atomic E-state index is -0.586. The summed E-state index contributed by atoms with van der Waals surface area (Å²) in [5, 5.41) is 0. The Labute approximate surface area is 111 Å². The normalized spacial score (nSPS) is 15.3. The maximum atomic E-state index is 13.5. The van der Waals surface area contributed by atoms with Gasteiger partial charge in [0.25, 0.3) is 0 Å². The summed E-state index contributed by atoms with van der Waals surface area (Å²) in [6.07, 6.45) is 2.12. The summed E-state index contributed by atoms with van der Waals surface area (Å²) in [7, 11) is 1.76. The molecule has 0 atom stereocenters. The lowest BCUT2D eigenvalue weighted by atomic mass is 10.2. The van der Waals surface area contributed by atoms with Gasteiger partial charge in [-0.1, -0.05) is 6.07 Å². The number of carbonyl (C=O) groups excluding carboxylic acids is 1. The SMILES string of the molecule is CN(CC(=O)N1CCCC1)Cc1ccc(F)cc1F. The number of benzene rings is 1. The van der Waals surface area contributed by atoms with Gasteiger partial charge in [0, 0.05) is 31.3 Å². The van der Waals surface area contributed by atoms with E-state index in [4.69, 9.17) is 0 Å². The average Bonchev–Trinajstić information content (AvgIpc) is 2.86. The molecule has 1 aromatic carbocycles. The molecule has 0 N–H and O–H groups in total. The highest BCUT2D eigenvalue weighted by atomic mass is 19.1. The van der Waals surface area contributed by atoms with E-state index in [1.54, 1.807) is 11.9 Å². The fourth-order valence-electron chi connectivity index (χ4n) is 2.29. The van der Waals surface area contributed by atoms with Crippen LogP contribution in [0, 0.1) is 11.6 Å². The Balaban J connectivity index is 1.89. The summed E-state index contributed by atoms with van der Waals surface area (Å²) < 4.78 is 26.3. The van der Waals surface area contributed by atoms with Gasteiger partial charge in [0.1, 0.15) is 11.6 Å². The van der Waals surface area contributed by atoms with E-state index < -0.39 is 11.6 Å². The van der Waals surface area contributed by atoms with Gasteiger partial charge in [-0.05, 0) is 26.0 Å². The highest BCUT2D eigenvalue weighted by molar-refractivity contribution is 5.78. The van der Waals surface area contributed by atoms with E-state index in [1.807, 2.05) is 4.90 Å². The highest BCUT2D eigenvalue weighted by Crippen LogP contribution is 2.12. The van der Waals surface area contributed by atoms with Crippen LogP contribution >= 0.6 is 0 Å². The molecular weight excluding hydrogens is 250 g/mol. The Kier molecular flexibility index (Phi) is 4.47. The van der Waals surface area contributed by atoms with Gasteiger partial charge < -0.3 is 4.90 Å². The lowest BCUT2D eigenvalue weighted by Crippen LogP contribution is -2.37. The zero-order valence-corrected chi connectivity index (χ0v) is 11.0. The topological polar surface area (TPSA) is 23.6 Å². The molecule has 104 valence electrons. The van der Waals surface area contributed by atoms with Gasteiger partial charge in [0.15, 0.2) is 0 Å². The van der Waals surface area contributed by atoms with Crippen LogP contribution in [0.1, 0.15) is 18.4 Å². The quantitative estimate of drug-likeness (QED) is 0.834. The van der Waals surface area contributed by atoms with Crippen molar-refractivity contribution in [3.63, 3.8) is 0 Å². The number of hydrogen-bond acceptors (Lipinski definition) is 2. The summed E-state index contributed by atoms with van der Waals surface area (Å²) in [6.45, 7) is 2.19. The Morgan fingerprint density at radius 3 is 2.63 bits per heavy atom. The van der Waals surface area contributed by atoms with Crippen molar-refractivity contribution >= 4 is 5.91 Å². The first-order chi connectivity index (χ1) is 9.06. The van der Waals surface area contributed by atoms with Crippen LogP contribution in [0.3, 0.4) is 0 Å². The van der Waals surface area contributed by atoms with E-state index in [2.05, 4.69) is 0 Å². The fraction of sp³-hybridized carbons (Fsp3) is 0.500. The molecule has 0 saturated carbocycles. The van der Waals surface area contributed by atoms with Crippen LogP contribution in [0.2, 0.25) is 0 Å². The number of halogens is 2. The van der Waals surface area contributed by atoms with Gasteiger partial charge in [-0.25, -0.2) is 8.78 Å². The van der Waals surface area contributed by atoms with E-state index in [9.17, 15) is 13.6 Å². The predicted molar refractivity (Wildman–Crippen MR) is 68.5 cm³/mol. The predicted octanol–water partition coefficient (Wildman–Crippen LogP) is 2.02. The van der Waals surface area contributed by atoms with Gasteiger partial charge >= 0.3 is 0 Å². The maximum Gasteiger partial charge on any atom is 0.236 e. The minimum absolute atomic E-state index is 0.0718. The Morgan fingerprint density at radius 1 is 1.32 bits per heavy atom. The number of likely N-dealkylation sites (N-methyl/N-ethyl adjacent to an activating group) is 1. The smallest absolute Gasteiger partial charge is 0.236 e. The second-order valence-corrected chi connectivity index (χ2v) is 5.00. The third kappa shape index (κ3) is 3.73. The van der Waals surface area contributed by atoms with Gasteiger partial charge in [0.05, 0.1) is 6.54 Å². The summed E-state index contributed by atoms with van der Waals surface area (Å²) >= 11 is 0. The first-order valence-electron chi connectivity index (χ1n) is 6.46. The van der Waals surface area contributed by atoms with Crippen LogP contribution in [-0.4, -0.2) is 42.4 Å². The van der Waals surface area contributed by atoms with Crippen molar-refractivity contribution in [1.29, 1.82) is 0 Å². The molecule has 1 amide bonds. The van der Waals surface area contributed by atoms with E-state index >= 15 is 0 Å². The Morgan fingerprint density at radius 2 is 2.00 bits per heavy atom. The molecule has 19 heavy (non-hydrogen) atoms. The second-order valence-electron chi connectivity index (χ2n) is 5.00. The van der Waals surface area contributed by atoms with E-state index in [1.165, 1.54) is 12.1 Å². The summed E-state index contributed by atoms with van der Waals surface area (Å²) in [6, 6.07) is 3.52. The molecule has 1 aliphatic rings. The molecule has 3 nitrogen and oxygen atoms in total. The van der Waals surface area contributed by atoms with Crippen molar-refractivity contribution in [3.8, 4) is 0 Å². The second kappa shape index (κ2) is 6.10. The summed E-state index contributed by atoms with van der Waals surface area (Å²) in [5.41, 5.74) is 0.401. The molecule has 1 aliphatic heterocycles. The van der Waals surface area contributed by atoms with Crippen LogP contribution in [0.25, 0.3) is 0 Å². The molecule has 0 aliphatic carbocycles. The van der Waals surface area contributed by atoms with Crippen LogP contribution in [-0.2, 0) is 11.3 Å². The van der Waals surface area contributed by atoms with Crippen molar-refractivity contribution in [3.05, 3.63) is 35.4 Å². The maximum absolute atomic E-state index is 13.5. The zero-order chi connectivity index (χ0) is 13.8. The minimum Gasteiger partial charge on any atom is -0.342 e. The van der Waals surface area contributed by atoms with Gasteiger partial charge in [-0.3, -0.25) is 9.69 Å². The number of nitrogens with zero attached hydrogens (tertiary/aromatic N) is 2. The van der Waals surface area contributed by atoms with E-state index in [-0.39, 0.29) is 12.5 Å². The number of rotatable bonds is 4. The zero-order valence-electron chi connectivity index (χ0n) is 11.0. The molecule has 1 heterocycles. The molecule has 0 radical (unpaired) electrons.